The number of aliphatic hydroxyl groups is 2. The summed E-state index contributed by atoms with van der Waals surface area (Å²) >= 11 is 0. The number of aromatic nitrogens is 4. The van der Waals surface area contributed by atoms with E-state index in [1.807, 2.05) is 0 Å². The Labute approximate surface area is 101 Å². The Bertz CT molecular complexity index is 588. The molecule has 0 unspecified atom stereocenters. The Morgan fingerprint density at radius 1 is 1.50 bits per heavy atom. The first-order chi connectivity index (χ1) is 8.65. The lowest BCUT2D eigenvalue weighted by Crippen LogP contribution is -2.22. The summed E-state index contributed by atoms with van der Waals surface area (Å²) in [5.41, 5.74) is 5.76. The van der Waals surface area contributed by atoms with Crippen LogP contribution in [0, 0.1) is 0 Å². The smallest absolute Gasteiger partial charge is 0.350 e. The van der Waals surface area contributed by atoms with Crippen LogP contribution in [0.25, 0.3) is 5.65 Å². The number of anilines is 1. The molecule has 0 atom stereocenters. The molecule has 2 heterocycles. The fraction of sp³-hybridized carbons (Fsp3) is 0.444. The van der Waals surface area contributed by atoms with Gasteiger partial charge < -0.3 is 20.7 Å². The number of nitrogen functional groups attached to an aromatic ring is 1. The summed E-state index contributed by atoms with van der Waals surface area (Å²) in [6.45, 7) is -0.539. The van der Waals surface area contributed by atoms with Gasteiger partial charge >= 0.3 is 5.69 Å². The maximum Gasteiger partial charge on any atom is 0.350 e. The van der Waals surface area contributed by atoms with E-state index in [0.717, 1.165) is 4.52 Å². The van der Waals surface area contributed by atoms with Crippen molar-refractivity contribution in [1.82, 2.24) is 19.6 Å². The molecule has 0 saturated heterocycles. The number of nitrogens with one attached hydrogen (secondary N) is 1. The molecule has 2 aromatic rings. The van der Waals surface area contributed by atoms with Gasteiger partial charge in [0, 0.05) is 5.56 Å². The Hall–Kier alpha value is -1.97. The third-order valence-electron chi connectivity index (χ3n) is 2.35. The zero-order chi connectivity index (χ0) is 13.1. The van der Waals surface area contributed by atoms with Gasteiger partial charge in [0.2, 0.25) is 5.95 Å². The van der Waals surface area contributed by atoms with E-state index in [1.54, 1.807) is 0 Å². The first-order valence-electron chi connectivity index (χ1n) is 5.21. The number of hydrogen-bond acceptors (Lipinski definition) is 7. The van der Waals surface area contributed by atoms with Crippen molar-refractivity contribution in [2.45, 2.75) is 12.7 Å². The predicted octanol–water partition coefficient (Wildman–Crippen LogP) is -2.13. The van der Waals surface area contributed by atoms with Gasteiger partial charge in [-0.15, -0.1) is 0 Å². The number of nitrogens with two attached hydrogens (primary N) is 1. The van der Waals surface area contributed by atoms with Crippen LogP contribution >= 0.6 is 0 Å². The molecule has 18 heavy (non-hydrogen) atoms. The third-order valence-corrected chi connectivity index (χ3v) is 2.35. The molecule has 2 aromatic heterocycles. The van der Waals surface area contributed by atoms with E-state index in [9.17, 15) is 4.79 Å². The maximum atomic E-state index is 11.5. The van der Waals surface area contributed by atoms with Crippen molar-refractivity contribution >= 4 is 11.6 Å². The molecule has 0 spiro atoms. The fourth-order valence-corrected chi connectivity index (χ4v) is 1.42. The van der Waals surface area contributed by atoms with E-state index in [1.165, 1.54) is 6.20 Å². The van der Waals surface area contributed by atoms with Crippen LogP contribution in [-0.2, 0) is 11.3 Å². The van der Waals surface area contributed by atoms with Crippen LogP contribution in [0.2, 0.25) is 0 Å². The highest BCUT2D eigenvalue weighted by Gasteiger charge is 2.12. The second-order valence-electron chi connectivity index (χ2n) is 3.63. The van der Waals surface area contributed by atoms with Crippen LogP contribution in [0.3, 0.4) is 0 Å². The predicted molar refractivity (Wildman–Crippen MR) is 60.8 cm³/mol. The van der Waals surface area contributed by atoms with Gasteiger partial charge in [-0.25, -0.2) is 4.79 Å². The number of H-pyrrole nitrogens is 1. The van der Waals surface area contributed by atoms with Crippen molar-refractivity contribution in [3.63, 3.8) is 0 Å². The standard InChI is InChI=1S/C9H13N5O4/c10-8-12-7-5(4-18-6(2-15)3-16)1-11-14(7)9(17)13-8/h1,6,15-16H,2-4H2,(H3,10,12,13,17). The second-order valence-corrected chi connectivity index (χ2v) is 3.63. The second kappa shape index (κ2) is 5.12. The maximum absolute atomic E-state index is 11.5. The van der Waals surface area contributed by atoms with Crippen LogP contribution in [0.4, 0.5) is 5.95 Å². The highest BCUT2D eigenvalue weighted by atomic mass is 16.5. The average molecular weight is 255 g/mol. The van der Waals surface area contributed by atoms with Gasteiger partial charge in [-0.1, -0.05) is 0 Å². The summed E-state index contributed by atoms with van der Waals surface area (Å²) in [4.78, 5) is 17.7. The molecule has 0 amide bonds. The molecule has 0 aliphatic heterocycles. The zero-order valence-corrected chi connectivity index (χ0v) is 9.41. The van der Waals surface area contributed by atoms with Gasteiger partial charge in [-0.3, -0.25) is 4.98 Å². The Morgan fingerprint density at radius 2 is 2.22 bits per heavy atom. The minimum absolute atomic E-state index is 0.0184. The van der Waals surface area contributed by atoms with Crippen molar-refractivity contribution < 1.29 is 14.9 Å². The van der Waals surface area contributed by atoms with Crippen molar-refractivity contribution in [1.29, 1.82) is 0 Å². The Balaban J connectivity index is 2.27. The monoisotopic (exact) mass is 255 g/mol. The van der Waals surface area contributed by atoms with Crippen molar-refractivity contribution in [2.24, 2.45) is 0 Å². The highest BCUT2D eigenvalue weighted by molar-refractivity contribution is 5.47. The SMILES string of the molecule is Nc1nc2c(COC(CO)CO)cnn2c(=O)[nH]1. The molecule has 0 bridgehead atoms. The molecule has 5 N–H and O–H groups in total. The molecule has 0 aromatic carbocycles. The van der Waals surface area contributed by atoms with E-state index < -0.39 is 11.8 Å². The molecule has 9 nitrogen and oxygen atoms in total. The number of aliphatic hydroxyl groups excluding tert-OH is 2. The molecule has 9 heteroatoms. The van der Waals surface area contributed by atoms with Gasteiger partial charge in [0.15, 0.2) is 5.65 Å². The minimum atomic E-state index is -0.681. The normalized spacial score (nSPS) is 11.5. The highest BCUT2D eigenvalue weighted by Crippen LogP contribution is 2.09. The first-order valence-corrected chi connectivity index (χ1v) is 5.21. The molecular formula is C9H13N5O4. The molecule has 0 saturated carbocycles. The summed E-state index contributed by atoms with van der Waals surface area (Å²) in [5, 5.41) is 21.6. The Kier molecular flexibility index (Phi) is 3.55. The molecular weight excluding hydrogens is 242 g/mol. The van der Waals surface area contributed by atoms with E-state index in [2.05, 4.69) is 15.1 Å². The number of fused-ring (bicyclic) bond motifs is 1. The lowest BCUT2D eigenvalue weighted by atomic mass is 10.3. The van der Waals surface area contributed by atoms with E-state index >= 15 is 0 Å². The van der Waals surface area contributed by atoms with Crippen molar-refractivity contribution in [3.8, 4) is 0 Å². The van der Waals surface area contributed by atoms with Crippen LogP contribution in [0.5, 0.6) is 0 Å². The zero-order valence-electron chi connectivity index (χ0n) is 9.41. The minimum Gasteiger partial charge on any atom is -0.394 e. The van der Waals surface area contributed by atoms with Gasteiger partial charge in [-0.2, -0.15) is 14.6 Å². The summed E-state index contributed by atoms with van der Waals surface area (Å²) in [7, 11) is 0. The lowest BCUT2D eigenvalue weighted by Gasteiger charge is -2.11. The van der Waals surface area contributed by atoms with Crippen LogP contribution in [0.15, 0.2) is 11.0 Å². The molecule has 2 rings (SSSR count). The number of hydrogen-bond donors (Lipinski definition) is 4. The van der Waals surface area contributed by atoms with E-state index in [0.29, 0.717) is 5.56 Å². The van der Waals surface area contributed by atoms with Crippen LogP contribution < -0.4 is 11.4 Å². The fourth-order valence-electron chi connectivity index (χ4n) is 1.42. The average Bonchev–Trinajstić information content (AvgIpc) is 2.74. The quantitative estimate of drug-likeness (QED) is 0.478. The summed E-state index contributed by atoms with van der Waals surface area (Å²) in [6, 6.07) is 0. The summed E-state index contributed by atoms with van der Waals surface area (Å²) in [6.07, 6.45) is 0.738. The van der Waals surface area contributed by atoms with Gasteiger partial charge in [-0.05, 0) is 0 Å². The summed E-state index contributed by atoms with van der Waals surface area (Å²) < 4.78 is 6.28. The number of aromatic amines is 1. The Morgan fingerprint density at radius 3 is 2.89 bits per heavy atom. The van der Waals surface area contributed by atoms with Crippen molar-refractivity contribution in [3.05, 3.63) is 22.2 Å². The topological polar surface area (TPSA) is 139 Å². The van der Waals surface area contributed by atoms with Crippen LogP contribution in [0.1, 0.15) is 5.56 Å². The van der Waals surface area contributed by atoms with Gasteiger partial charge in [0.05, 0.1) is 26.0 Å². The molecule has 0 aliphatic carbocycles. The number of nitrogens with zero attached hydrogens (tertiary/aromatic N) is 3. The molecule has 0 aliphatic rings. The van der Waals surface area contributed by atoms with Crippen molar-refractivity contribution in [2.75, 3.05) is 18.9 Å². The largest absolute Gasteiger partial charge is 0.394 e. The number of rotatable bonds is 5. The lowest BCUT2D eigenvalue weighted by molar-refractivity contribution is -0.0281. The van der Waals surface area contributed by atoms with Gasteiger partial charge in [0.25, 0.3) is 0 Å². The molecule has 0 radical (unpaired) electrons. The van der Waals surface area contributed by atoms with Crippen LogP contribution in [-0.4, -0.2) is 49.1 Å². The van der Waals surface area contributed by atoms with E-state index in [4.69, 9.17) is 20.7 Å². The molecule has 98 valence electrons. The molecule has 0 fully saturated rings. The first kappa shape index (κ1) is 12.5. The number of ether oxygens (including phenoxy) is 1. The van der Waals surface area contributed by atoms with Gasteiger partial charge in [0.1, 0.15) is 6.10 Å². The summed E-state index contributed by atoms with van der Waals surface area (Å²) in [5.74, 6) is -0.0184. The third kappa shape index (κ3) is 2.32. The van der Waals surface area contributed by atoms with E-state index in [-0.39, 0.29) is 31.4 Å².